The number of aliphatic hydroxyl groups is 1. The molecule has 1 N–H and O–H groups in total. The fourth-order valence-electron chi connectivity index (χ4n) is 2.52. The molecule has 1 aliphatic heterocycles. The van der Waals surface area contributed by atoms with Crippen LogP contribution in [0.25, 0.3) is 0 Å². The molecule has 0 bridgehead atoms. The Kier molecular flexibility index (Phi) is 4.37. The fourth-order valence-corrected chi connectivity index (χ4v) is 2.52. The number of β-amino-alcohol motifs (C(OH)–C–C–N with tert-alkyl or cyclic N) is 1. The van der Waals surface area contributed by atoms with Crippen LogP contribution in [0.15, 0.2) is 30.3 Å². The highest BCUT2D eigenvalue weighted by Gasteiger charge is 2.25. The Hall–Kier alpha value is -1.35. The summed E-state index contributed by atoms with van der Waals surface area (Å²) in [4.78, 5) is 14.1. The maximum absolute atomic E-state index is 12.3. The van der Waals surface area contributed by atoms with E-state index < -0.39 is 0 Å². The van der Waals surface area contributed by atoms with Crippen LogP contribution in [-0.2, 0) is 11.2 Å². The first-order valence-corrected chi connectivity index (χ1v) is 6.67. The minimum atomic E-state index is -0.341. The Morgan fingerprint density at radius 3 is 2.83 bits per heavy atom. The van der Waals surface area contributed by atoms with Crippen molar-refractivity contribution in [2.45, 2.75) is 32.3 Å². The van der Waals surface area contributed by atoms with Crippen LogP contribution in [0, 0.1) is 5.92 Å². The van der Waals surface area contributed by atoms with Crippen LogP contribution in [0.4, 0.5) is 0 Å². The first kappa shape index (κ1) is 13.1. The van der Waals surface area contributed by atoms with Crippen molar-refractivity contribution in [3.63, 3.8) is 0 Å². The molecule has 0 aromatic heterocycles. The molecule has 1 heterocycles. The standard InChI is InChI=1S/C15H21NO2/c1-12(10-13-6-3-2-4-7-13)15(18)16-9-5-8-14(17)11-16/h2-4,6-7,12,14,17H,5,8-11H2,1H3. The first-order chi connectivity index (χ1) is 8.66. The molecule has 2 atom stereocenters. The molecule has 1 amide bonds. The Morgan fingerprint density at radius 2 is 2.17 bits per heavy atom. The van der Waals surface area contributed by atoms with E-state index in [0.29, 0.717) is 6.54 Å². The highest BCUT2D eigenvalue weighted by atomic mass is 16.3. The second-order valence-corrected chi connectivity index (χ2v) is 5.17. The number of piperidine rings is 1. The lowest BCUT2D eigenvalue weighted by Gasteiger charge is -2.32. The predicted octanol–water partition coefficient (Wildman–Crippen LogP) is 1.85. The average molecular weight is 247 g/mol. The molecule has 3 heteroatoms. The summed E-state index contributed by atoms with van der Waals surface area (Å²) in [5, 5.41) is 9.61. The van der Waals surface area contributed by atoms with Crippen LogP contribution in [0.3, 0.4) is 0 Å². The van der Waals surface area contributed by atoms with Gasteiger partial charge in [-0.3, -0.25) is 4.79 Å². The lowest BCUT2D eigenvalue weighted by Crippen LogP contribution is -2.44. The minimum Gasteiger partial charge on any atom is -0.391 e. The Balaban J connectivity index is 1.92. The zero-order valence-electron chi connectivity index (χ0n) is 10.9. The topological polar surface area (TPSA) is 40.5 Å². The third-order valence-electron chi connectivity index (χ3n) is 3.51. The Morgan fingerprint density at radius 1 is 1.44 bits per heavy atom. The maximum atomic E-state index is 12.3. The lowest BCUT2D eigenvalue weighted by atomic mass is 9.98. The van der Waals surface area contributed by atoms with Gasteiger partial charge in [-0.15, -0.1) is 0 Å². The number of amides is 1. The molecule has 1 saturated heterocycles. The number of carbonyl (C=O) groups is 1. The van der Waals surface area contributed by atoms with Crippen LogP contribution in [0.1, 0.15) is 25.3 Å². The van der Waals surface area contributed by atoms with Gasteiger partial charge in [-0.25, -0.2) is 0 Å². The van der Waals surface area contributed by atoms with E-state index >= 15 is 0 Å². The molecule has 3 nitrogen and oxygen atoms in total. The summed E-state index contributed by atoms with van der Waals surface area (Å²) >= 11 is 0. The van der Waals surface area contributed by atoms with Crippen molar-refractivity contribution in [1.82, 2.24) is 4.90 Å². The van der Waals surface area contributed by atoms with E-state index in [9.17, 15) is 9.90 Å². The second-order valence-electron chi connectivity index (χ2n) is 5.17. The maximum Gasteiger partial charge on any atom is 0.225 e. The van der Waals surface area contributed by atoms with Crippen molar-refractivity contribution < 1.29 is 9.90 Å². The quantitative estimate of drug-likeness (QED) is 0.885. The second kappa shape index (κ2) is 6.01. The van der Waals surface area contributed by atoms with Crippen molar-refractivity contribution in [2.24, 2.45) is 5.92 Å². The van der Waals surface area contributed by atoms with Gasteiger partial charge < -0.3 is 10.0 Å². The van der Waals surface area contributed by atoms with Crippen LogP contribution >= 0.6 is 0 Å². The Bertz CT molecular complexity index is 391. The SMILES string of the molecule is CC(Cc1ccccc1)C(=O)N1CCCC(O)C1. The number of carbonyl (C=O) groups excluding carboxylic acids is 1. The zero-order valence-corrected chi connectivity index (χ0v) is 10.9. The van der Waals surface area contributed by atoms with Gasteiger partial charge in [-0.1, -0.05) is 37.3 Å². The van der Waals surface area contributed by atoms with E-state index in [4.69, 9.17) is 0 Å². The van der Waals surface area contributed by atoms with Crippen LogP contribution in [0.2, 0.25) is 0 Å². The van der Waals surface area contributed by atoms with Crippen molar-refractivity contribution >= 4 is 5.91 Å². The van der Waals surface area contributed by atoms with Gasteiger partial charge in [0.15, 0.2) is 0 Å². The van der Waals surface area contributed by atoms with Crippen molar-refractivity contribution in [3.05, 3.63) is 35.9 Å². The van der Waals surface area contributed by atoms with Crippen LogP contribution < -0.4 is 0 Å². The monoisotopic (exact) mass is 247 g/mol. The van der Waals surface area contributed by atoms with Crippen molar-refractivity contribution in [1.29, 1.82) is 0 Å². The molecule has 0 aliphatic carbocycles. The van der Waals surface area contributed by atoms with Gasteiger partial charge >= 0.3 is 0 Å². The van der Waals surface area contributed by atoms with Gasteiger partial charge in [-0.05, 0) is 24.8 Å². The molecular weight excluding hydrogens is 226 g/mol. The largest absolute Gasteiger partial charge is 0.391 e. The first-order valence-electron chi connectivity index (χ1n) is 6.67. The lowest BCUT2D eigenvalue weighted by molar-refractivity contribution is -0.138. The van der Waals surface area contributed by atoms with E-state index in [2.05, 4.69) is 12.1 Å². The molecule has 1 fully saturated rings. The molecule has 98 valence electrons. The zero-order chi connectivity index (χ0) is 13.0. The number of aliphatic hydroxyl groups excluding tert-OH is 1. The molecule has 0 spiro atoms. The summed E-state index contributed by atoms with van der Waals surface area (Å²) in [6.07, 6.45) is 2.15. The highest BCUT2D eigenvalue weighted by Crippen LogP contribution is 2.16. The number of likely N-dealkylation sites (tertiary alicyclic amines) is 1. The van der Waals surface area contributed by atoms with Gasteiger partial charge in [0, 0.05) is 19.0 Å². The fraction of sp³-hybridized carbons (Fsp3) is 0.533. The normalized spacial score (nSPS) is 21.7. The smallest absolute Gasteiger partial charge is 0.225 e. The van der Waals surface area contributed by atoms with Crippen molar-refractivity contribution in [3.8, 4) is 0 Å². The summed E-state index contributed by atoms with van der Waals surface area (Å²) in [5.74, 6) is 0.148. The molecule has 0 radical (unpaired) electrons. The average Bonchev–Trinajstić information content (AvgIpc) is 2.39. The van der Waals surface area contributed by atoms with E-state index in [-0.39, 0.29) is 17.9 Å². The third kappa shape index (κ3) is 3.33. The van der Waals surface area contributed by atoms with Crippen LogP contribution in [-0.4, -0.2) is 35.1 Å². The van der Waals surface area contributed by atoms with E-state index in [1.165, 1.54) is 5.56 Å². The molecule has 0 saturated carbocycles. The molecule has 1 aliphatic rings. The molecule has 1 aromatic rings. The van der Waals surface area contributed by atoms with Crippen molar-refractivity contribution in [2.75, 3.05) is 13.1 Å². The number of rotatable bonds is 3. The summed E-state index contributed by atoms with van der Waals surface area (Å²) < 4.78 is 0. The predicted molar refractivity (Wildman–Crippen MR) is 71.1 cm³/mol. The van der Waals surface area contributed by atoms with Gasteiger partial charge in [0.2, 0.25) is 5.91 Å². The summed E-state index contributed by atoms with van der Waals surface area (Å²) in [6, 6.07) is 10.1. The highest BCUT2D eigenvalue weighted by molar-refractivity contribution is 5.79. The molecule has 2 rings (SSSR count). The van der Waals surface area contributed by atoms with Gasteiger partial charge in [-0.2, -0.15) is 0 Å². The molecular formula is C15H21NO2. The summed E-state index contributed by atoms with van der Waals surface area (Å²) in [5.41, 5.74) is 1.19. The van der Waals surface area contributed by atoms with Gasteiger partial charge in [0.25, 0.3) is 0 Å². The van der Waals surface area contributed by atoms with Gasteiger partial charge in [0.1, 0.15) is 0 Å². The van der Waals surface area contributed by atoms with Gasteiger partial charge in [0.05, 0.1) is 6.10 Å². The molecule has 18 heavy (non-hydrogen) atoms. The minimum absolute atomic E-state index is 0.0160. The number of benzene rings is 1. The Labute approximate surface area is 108 Å². The summed E-state index contributed by atoms with van der Waals surface area (Å²) in [6.45, 7) is 3.25. The van der Waals surface area contributed by atoms with E-state index in [1.807, 2.05) is 30.0 Å². The number of hydrogen-bond donors (Lipinski definition) is 1. The summed E-state index contributed by atoms with van der Waals surface area (Å²) in [7, 11) is 0. The van der Waals surface area contributed by atoms with Crippen LogP contribution in [0.5, 0.6) is 0 Å². The number of nitrogens with zero attached hydrogens (tertiary/aromatic N) is 1. The van der Waals surface area contributed by atoms with E-state index in [0.717, 1.165) is 25.8 Å². The molecule has 2 unspecified atom stereocenters. The number of hydrogen-bond acceptors (Lipinski definition) is 2. The third-order valence-corrected chi connectivity index (χ3v) is 3.51. The van der Waals surface area contributed by atoms with E-state index in [1.54, 1.807) is 0 Å². The molecule has 1 aromatic carbocycles.